The summed E-state index contributed by atoms with van der Waals surface area (Å²) in [5.41, 5.74) is 0.895. The summed E-state index contributed by atoms with van der Waals surface area (Å²) in [6.45, 7) is 1.27. The lowest BCUT2D eigenvalue weighted by molar-refractivity contribution is -0.123. The van der Waals surface area contributed by atoms with Crippen LogP contribution in [0.15, 0.2) is 30.3 Å². The van der Waals surface area contributed by atoms with Gasteiger partial charge in [0.2, 0.25) is 5.91 Å². The molecule has 0 aromatic heterocycles. The summed E-state index contributed by atoms with van der Waals surface area (Å²) < 4.78 is 0. The average molecular weight is 301 g/mol. The Bertz CT molecular complexity index is 542. The van der Waals surface area contributed by atoms with Crippen LogP contribution < -0.4 is 10.2 Å². The fourth-order valence-corrected chi connectivity index (χ4v) is 2.91. The zero-order chi connectivity index (χ0) is 15.5. The van der Waals surface area contributed by atoms with E-state index in [2.05, 4.69) is 5.32 Å². The van der Waals surface area contributed by atoms with Crippen LogP contribution in [-0.4, -0.2) is 43.0 Å². The second-order valence-corrected chi connectivity index (χ2v) is 6.24. The van der Waals surface area contributed by atoms with Crippen molar-refractivity contribution >= 4 is 17.6 Å². The molecule has 0 bridgehead atoms. The number of rotatable bonds is 3. The van der Waals surface area contributed by atoms with Gasteiger partial charge in [0.1, 0.15) is 0 Å². The zero-order valence-corrected chi connectivity index (χ0v) is 13.0. The lowest BCUT2D eigenvalue weighted by Gasteiger charge is -2.34. The average Bonchev–Trinajstić information content (AvgIpc) is 3.38. The number of hydrogen-bond acceptors (Lipinski definition) is 2. The topological polar surface area (TPSA) is 52.7 Å². The highest BCUT2D eigenvalue weighted by atomic mass is 16.2. The highest BCUT2D eigenvalue weighted by Crippen LogP contribution is 2.23. The van der Waals surface area contributed by atoms with Crippen LogP contribution in [0.3, 0.4) is 0 Å². The number of nitrogens with one attached hydrogen (secondary N) is 1. The number of urea groups is 1. The number of amides is 3. The molecule has 1 N–H and O–H groups in total. The van der Waals surface area contributed by atoms with Crippen molar-refractivity contribution in [1.29, 1.82) is 0 Å². The van der Waals surface area contributed by atoms with Gasteiger partial charge in [-0.1, -0.05) is 18.2 Å². The number of benzene rings is 1. The molecule has 1 saturated carbocycles. The van der Waals surface area contributed by atoms with E-state index in [1.165, 1.54) is 0 Å². The number of nitrogens with zero attached hydrogens (tertiary/aromatic N) is 2. The Hall–Kier alpha value is -2.04. The summed E-state index contributed by atoms with van der Waals surface area (Å²) in [4.78, 5) is 28.3. The molecule has 1 aromatic rings. The number of para-hydroxylation sites is 1. The molecule has 0 radical (unpaired) electrons. The van der Waals surface area contributed by atoms with Crippen molar-refractivity contribution in [3.63, 3.8) is 0 Å². The first kappa shape index (κ1) is 14.9. The predicted octanol–water partition coefficient (Wildman–Crippen LogP) is 2.23. The van der Waals surface area contributed by atoms with Gasteiger partial charge in [0.05, 0.1) is 5.92 Å². The van der Waals surface area contributed by atoms with E-state index in [4.69, 9.17) is 0 Å². The third kappa shape index (κ3) is 3.40. The first-order valence-corrected chi connectivity index (χ1v) is 8.03. The Morgan fingerprint density at radius 1 is 1.18 bits per heavy atom. The minimum atomic E-state index is -0.107. The number of carbonyl (C=O) groups is 2. The number of carbonyl (C=O) groups excluding carboxylic acids is 2. The molecule has 1 aliphatic carbocycles. The van der Waals surface area contributed by atoms with Crippen LogP contribution in [0.1, 0.15) is 25.7 Å². The van der Waals surface area contributed by atoms with Crippen molar-refractivity contribution in [2.24, 2.45) is 5.92 Å². The maximum absolute atomic E-state index is 12.7. The van der Waals surface area contributed by atoms with Gasteiger partial charge in [-0.3, -0.25) is 4.79 Å². The summed E-state index contributed by atoms with van der Waals surface area (Å²) >= 11 is 0. The molecule has 22 heavy (non-hydrogen) atoms. The highest BCUT2D eigenvalue weighted by Gasteiger charge is 2.32. The molecule has 3 amide bonds. The number of likely N-dealkylation sites (tertiary alicyclic amines) is 1. The van der Waals surface area contributed by atoms with Gasteiger partial charge in [-0.25, -0.2) is 4.79 Å². The SMILES string of the molecule is CN(C(=O)C1CCCN(C(=O)NC2CC2)C1)c1ccccc1. The van der Waals surface area contributed by atoms with Gasteiger partial charge in [0, 0.05) is 31.9 Å². The molecule has 118 valence electrons. The van der Waals surface area contributed by atoms with Gasteiger partial charge in [-0.15, -0.1) is 0 Å². The van der Waals surface area contributed by atoms with Gasteiger partial charge in [-0.2, -0.15) is 0 Å². The maximum atomic E-state index is 12.7. The van der Waals surface area contributed by atoms with Gasteiger partial charge < -0.3 is 15.1 Å². The number of hydrogen-bond donors (Lipinski definition) is 1. The molecule has 5 nitrogen and oxygen atoms in total. The fraction of sp³-hybridized carbons (Fsp3) is 0.529. The van der Waals surface area contributed by atoms with Crippen molar-refractivity contribution in [2.45, 2.75) is 31.7 Å². The molecular weight excluding hydrogens is 278 g/mol. The third-order valence-electron chi connectivity index (χ3n) is 4.44. The fourth-order valence-electron chi connectivity index (χ4n) is 2.91. The summed E-state index contributed by atoms with van der Waals surface area (Å²) in [7, 11) is 1.81. The Balaban J connectivity index is 1.61. The van der Waals surface area contributed by atoms with E-state index >= 15 is 0 Å². The lowest BCUT2D eigenvalue weighted by Crippen LogP contribution is -2.49. The van der Waals surface area contributed by atoms with Crippen molar-refractivity contribution in [2.75, 3.05) is 25.0 Å². The first-order chi connectivity index (χ1) is 10.6. The van der Waals surface area contributed by atoms with E-state index in [1.54, 1.807) is 16.8 Å². The van der Waals surface area contributed by atoms with Crippen LogP contribution in [-0.2, 0) is 4.79 Å². The molecule has 3 rings (SSSR count). The summed E-state index contributed by atoms with van der Waals surface area (Å²) in [6.07, 6.45) is 3.90. The van der Waals surface area contributed by atoms with Crippen LogP contribution in [0.5, 0.6) is 0 Å². The molecular formula is C17H23N3O2. The first-order valence-electron chi connectivity index (χ1n) is 8.03. The second-order valence-electron chi connectivity index (χ2n) is 6.24. The molecule has 1 atom stereocenters. The quantitative estimate of drug-likeness (QED) is 0.931. The van der Waals surface area contributed by atoms with Crippen LogP contribution in [0, 0.1) is 5.92 Å². The Morgan fingerprint density at radius 3 is 2.59 bits per heavy atom. The molecule has 1 saturated heterocycles. The molecule has 1 heterocycles. The van der Waals surface area contributed by atoms with Gasteiger partial charge in [0.15, 0.2) is 0 Å². The van der Waals surface area contributed by atoms with Crippen molar-refractivity contribution in [3.8, 4) is 0 Å². The molecule has 1 aromatic carbocycles. The Labute approximate surface area is 131 Å². The monoisotopic (exact) mass is 301 g/mol. The normalized spacial score (nSPS) is 21.3. The van der Waals surface area contributed by atoms with Gasteiger partial charge in [0.25, 0.3) is 0 Å². The number of piperidine rings is 1. The predicted molar refractivity (Wildman–Crippen MR) is 85.7 cm³/mol. The van der Waals surface area contributed by atoms with E-state index in [9.17, 15) is 9.59 Å². The summed E-state index contributed by atoms with van der Waals surface area (Å²) in [5.74, 6) is -0.0148. The molecule has 5 heteroatoms. The summed E-state index contributed by atoms with van der Waals surface area (Å²) in [6, 6.07) is 9.99. The van der Waals surface area contributed by atoms with Crippen molar-refractivity contribution in [3.05, 3.63) is 30.3 Å². The molecule has 1 unspecified atom stereocenters. The molecule has 2 fully saturated rings. The molecule has 0 spiro atoms. The zero-order valence-electron chi connectivity index (χ0n) is 13.0. The molecule has 1 aliphatic heterocycles. The molecule has 2 aliphatic rings. The standard InChI is InChI=1S/C17H23N3O2/c1-19(15-7-3-2-4-8-15)16(21)13-6-5-11-20(12-13)17(22)18-14-9-10-14/h2-4,7-8,13-14H,5-6,9-12H2,1H3,(H,18,22). The Kier molecular flexibility index (Phi) is 4.32. The van der Waals surface area contributed by atoms with Gasteiger partial charge >= 0.3 is 6.03 Å². The Morgan fingerprint density at radius 2 is 1.91 bits per heavy atom. The third-order valence-corrected chi connectivity index (χ3v) is 4.44. The van der Waals surface area contributed by atoms with Gasteiger partial charge in [-0.05, 0) is 37.8 Å². The van der Waals surface area contributed by atoms with Crippen LogP contribution in [0.2, 0.25) is 0 Å². The highest BCUT2D eigenvalue weighted by molar-refractivity contribution is 5.95. The van der Waals surface area contributed by atoms with E-state index < -0.39 is 0 Å². The van der Waals surface area contributed by atoms with Crippen LogP contribution >= 0.6 is 0 Å². The minimum absolute atomic E-state index is 0.0117. The van der Waals surface area contributed by atoms with Crippen LogP contribution in [0.4, 0.5) is 10.5 Å². The smallest absolute Gasteiger partial charge is 0.317 e. The largest absolute Gasteiger partial charge is 0.335 e. The lowest BCUT2D eigenvalue weighted by atomic mass is 9.96. The van der Waals surface area contributed by atoms with Crippen molar-refractivity contribution < 1.29 is 9.59 Å². The van der Waals surface area contributed by atoms with E-state index in [-0.39, 0.29) is 17.9 Å². The van der Waals surface area contributed by atoms with E-state index in [0.29, 0.717) is 12.6 Å². The van der Waals surface area contributed by atoms with E-state index in [0.717, 1.165) is 37.9 Å². The minimum Gasteiger partial charge on any atom is -0.335 e. The number of anilines is 1. The summed E-state index contributed by atoms with van der Waals surface area (Å²) in [5, 5.41) is 3.01. The maximum Gasteiger partial charge on any atom is 0.317 e. The second kappa shape index (κ2) is 6.38. The van der Waals surface area contributed by atoms with Crippen LogP contribution in [0.25, 0.3) is 0 Å². The van der Waals surface area contributed by atoms with E-state index in [1.807, 2.05) is 30.3 Å². The van der Waals surface area contributed by atoms with Crippen molar-refractivity contribution in [1.82, 2.24) is 10.2 Å².